The lowest BCUT2D eigenvalue weighted by molar-refractivity contribution is 0.0929. The summed E-state index contributed by atoms with van der Waals surface area (Å²) in [6, 6.07) is 5.82. The van der Waals surface area contributed by atoms with Gasteiger partial charge in [0.1, 0.15) is 0 Å². The highest BCUT2D eigenvalue weighted by Crippen LogP contribution is 2.28. The van der Waals surface area contributed by atoms with Crippen molar-refractivity contribution in [3.8, 4) is 0 Å². The summed E-state index contributed by atoms with van der Waals surface area (Å²) in [6.07, 6.45) is 3.47. The summed E-state index contributed by atoms with van der Waals surface area (Å²) < 4.78 is 0. The molecule has 1 aromatic carbocycles. The van der Waals surface area contributed by atoms with Crippen molar-refractivity contribution < 1.29 is 4.79 Å². The van der Waals surface area contributed by atoms with Gasteiger partial charge in [0.2, 0.25) is 0 Å². The van der Waals surface area contributed by atoms with Crippen LogP contribution in [0.4, 0.5) is 5.69 Å². The van der Waals surface area contributed by atoms with Crippen molar-refractivity contribution in [3.05, 3.63) is 28.8 Å². The highest BCUT2D eigenvalue weighted by Gasteiger charge is 2.37. The first-order valence-electron chi connectivity index (χ1n) is 6.75. The van der Waals surface area contributed by atoms with Crippen LogP contribution < -0.4 is 11.1 Å². The molecule has 2 aliphatic rings. The monoisotopic (exact) mass is 279 g/mol. The fraction of sp³-hybridized carbons (Fsp3) is 0.500. The van der Waals surface area contributed by atoms with Gasteiger partial charge < -0.3 is 11.1 Å². The molecule has 3 N–H and O–H groups in total. The van der Waals surface area contributed by atoms with Crippen LogP contribution in [0.2, 0.25) is 5.02 Å². The average Bonchev–Trinajstić information content (AvgIpc) is 2.97. The van der Waals surface area contributed by atoms with Crippen LogP contribution in [-0.4, -0.2) is 36.0 Å². The molecule has 0 bridgehead atoms. The quantitative estimate of drug-likeness (QED) is 0.813. The standard InChI is InChI=1S/C14H18ClN3O/c15-10-8-9(3-4-11(10)16)14(19)17-12-5-7-18-6-1-2-13(12)18/h3-4,8,12-13H,1-2,5-7,16H2,(H,17,19). The third-order valence-electron chi connectivity index (χ3n) is 4.19. The minimum absolute atomic E-state index is 0.0550. The zero-order chi connectivity index (χ0) is 13.4. The number of carbonyl (C=O) groups is 1. The topological polar surface area (TPSA) is 58.4 Å². The normalized spacial score (nSPS) is 26.4. The van der Waals surface area contributed by atoms with Gasteiger partial charge in [-0.15, -0.1) is 0 Å². The van der Waals surface area contributed by atoms with Crippen molar-refractivity contribution in [2.75, 3.05) is 18.8 Å². The predicted molar refractivity (Wildman–Crippen MR) is 76.3 cm³/mol. The number of carbonyl (C=O) groups excluding carboxylic acids is 1. The third kappa shape index (κ3) is 2.42. The molecule has 3 rings (SSSR count). The Morgan fingerprint density at radius 2 is 2.21 bits per heavy atom. The molecule has 1 aromatic rings. The molecule has 2 fully saturated rings. The zero-order valence-corrected chi connectivity index (χ0v) is 11.5. The number of anilines is 1. The molecule has 0 saturated carbocycles. The van der Waals surface area contributed by atoms with E-state index in [9.17, 15) is 4.79 Å². The van der Waals surface area contributed by atoms with Gasteiger partial charge in [-0.3, -0.25) is 9.69 Å². The first kappa shape index (κ1) is 12.8. The van der Waals surface area contributed by atoms with E-state index in [1.807, 2.05) is 0 Å². The van der Waals surface area contributed by atoms with Crippen molar-refractivity contribution in [1.29, 1.82) is 0 Å². The molecule has 0 radical (unpaired) electrons. The summed E-state index contributed by atoms with van der Waals surface area (Å²) >= 11 is 5.95. The van der Waals surface area contributed by atoms with Crippen LogP contribution in [-0.2, 0) is 0 Å². The number of nitrogen functional groups attached to an aromatic ring is 1. The minimum Gasteiger partial charge on any atom is -0.398 e. The van der Waals surface area contributed by atoms with E-state index in [4.69, 9.17) is 17.3 Å². The van der Waals surface area contributed by atoms with Crippen LogP contribution in [0.1, 0.15) is 29.6 Å². The highest BCUT2D eigenvalue weighted by molar-refractivity contribution is 6.33. The number of fused-ring (bicyclic) bond motifs is 1. The maximum atomic E-state index is 12.2. The molecule has 2 aliphatic heterocycles. The van der Waals surface area contributed by atoms with E-state index in [-0.39, 0.29) is 11.9 Å². The summed E-state index contributed by atoms with van der Waals surface area (Å²) in [4.78, 5) is 14.7. The summed E-state index contributed by atoms with van der Waals surface area (Å²) in [5, 5.41) is 3.57. The van der Waals surface area contributed by atoms with Gasteiger partial charge in [0, 0.05) is 24.2 Å². The lowest BCUT2D eigenvalue weighted by atomic mass is 10.1. The third-order valence-corrected chi connectivity index (χ3v) is 4.51. The van der Waals surface area contributed by atoms with Crippen LogP contribution in [0.5, 0.6) is 0 Å². The van der Waals surface area contributed by atoms with E-state index in [0.29, 0.717) is 22.3 Å². The molecule has 0 aromatic heterocycles. The number of nitrogens with zero attached hydrogens (tertiary/aromatic N) is 1. The number of hydrogen-bond donors (Lipinski definition) is 2. The van der Waals surface area contributed by atoms with Gasteiger partial charge in [-0.05, 0) is 44.0 Å². The lowest BCUT2D eigenvalue weighted by Crippen LogP contribution is -2.42. The van der Waals surface area contributed by atoms with Gasteiger partial charge in [0.15, 0.2) is 0 Å². The number of rotatable bonds is 2. The van der Waals surface area contributed by atoms with Gasteiger partial charge in [0.05, 0.1) is 10.7 Å². The Hall–Kier alpha value is -1.26. The Balaban J connectivity index is 1.69. The molecule has 2 saturated heterocycles. The zero-order valence-electron chi connectivity index (χ0n) is 10.7. The summed E-state index contributed by atoms with van der Waals surface area (Å²) in [5.41, 5.74) is 6.73. The van der Waals surface area contributed by atoms with Crippen molar-refractivity contribution in [2.24, 2.45) is 0 Å². The molecule has 1 amide bonds. The molecule has 2 atom stereocenters. The molecule has 2 unspecified atom stereocenters. The molecular weight excluding hydrogens is 262 g/mol. The second-order valence-corrected chi connectivity index (χ2v) is 5.76. The Morgan fingerprint density at radius 3 is 3.00 bits per heavy atom. The van der Waals surface area contributed by atoms with Gasteiger partial charge in [-0.1, -0.05) is 11.6 Å². The molecular formula is C14H18ClN3O. The summed E-state index contributed by atoms with van der Waals surface area (Å²) in [7, 11) is 0. The van der Waals surface area contributed by atoms with Gasteiger partial charge in [-0.2, -0.15) is 0 Å². The van der Waals surface area contributed by atoms with E-state index < -0.39 is 0 Å². The van der Waals surface area contributed by atoms with Crippen LogP contribution >= 0.6 is 11.6 Å². The number of nitrogens with one attached hydrogen (secondary N) is 1. The van der Waals surface area contributed by atoms with E-state index in [0.717, 1.165) is 13.0 Å². The van der Waals surface area contributed by atoms with Gasteiger partial charge in [0.25, 0.3) is 5.91 Å². The average molecular weight is 280 g/mol. The first-order valence-corrected chi connectivity index (χ1v) is 7.13. The number of hydrogen-bond acceptors (Lipinski definition) is 3. The molecule has 19 heavy (non-hydrogen) atoms. The Labute approximate surface area is 117 Å². The SMILES string of the molecule is Nc1ccc(C(=O)NC2CCN3CCCC23)cc1Cl. The van der Waals surface area contributed by atoms with E-state index in [2.05, 4.69) is 10.2 Å². The second-order valence-electron chi connectivity index (χ2n) is 5.35. The smallest absolute Gasteiger partial charge is 0.251 e. The lowest BCUT2D eigenvalue weighted by Gasteiger charge is -2.21. The Morgan fingerprint density at radius 1 is 1.37 bits per heavy atom. The first-order chi connectivity index (χ1) is 9.15. The second kappa shape index (κ2) is 5.02. The molecule has 0 aliphatic carbocycles. The molecule has 2 heterocycles. The van der Waals surface area contributed by atoms with E-state index in [1.54, 1.807) is 18.2 Å². The van der Waals surface area contributed by atoms with Crippen LogP contribution in [0.15, 0.2) is 18.2 Å². The summed E-state index contributed by atoms with van der Waals surface area (Å²) in [6.45, 7) is 2.27. The highest BCUT2D eigenvalue weighted by atomic mass is 35.5. The van der Waals surface area contributed by atoms with Crippen LogP contribution in [0.25, 0.3) is 0 Å². The fourth-order valence-corrected chi connectivity index (χ4v) is 3.35. The van der Waals surface area contributed by atoms with Crippen molar-refractivity contribution >= 4 is 23.2 Å². The van der Waals surface area contributed by atoms with E-state index in [1.165, 1.54) is 19.4 Å². The predicted octanol–water partition coefficient (Wildman–Crippen LogP) is 1.89. The summed E-state index contributed by atoms with van der Waals surface area (Å²) in [5.74, 6) is -0.0550. The fourth-order valence-electron chi connectivity index (χ4n) is 3.17. The largest absolute Gasteiger partial charge is 0.398 e. The molecule has 4 nitrogen and oxygen atoms in total. The molecule has 102 valence electrons. The Bertz CT molecular complexity index is 505. The maximum absolute atomic E-state index is 12.2. The number of amides is 1. The minimum atomic E-state index is -0.0550. The van der Waals surface area contributed by atoms with Gasteiger partial charge >= 0.3 is 0 Å². The Kier molecular flexibility index (Phi) is 3.37. The van der Waals surface area contributed by atoms with Crippen molar-refractivity contribution in [3.63, 3.8) is 0 Å². The van der Waals surface area contributed by atoms with E-state index >= 15 is 0 Å². The number of nitrogens with two attached hydrogens (primary N) is 1. The number of halogens is 1. The van der Waals surface area contributed by atoms with Crippen LogP contribution in [0.3, 0.4) is 0 Å². The maximum Gasteiger partial charge on any atom is 0.251 e. The van der Waals surface area contributed by atoms with Crippen molar-refractivity contribution in [2.45, 2.75) is 31.3 Å². The van der Waals surface area contributed by atoms with Crippen LogP contribution in [0, 0.1) is 0 Å². The van der Waals surface area contributed by atoms with Gasteiger partial charge in [-0.25, -0.2) is 0 Å². The van der Waals surface area contributed by atoms with Crippen molar-refractivity contribution in [1.82, 2.24) is 10.2 Å². The molecule has 5 heteroatoms. The number of benzene rings is 1. The molecule has 0 spiro atoms.